The van der Waals surface area contributed by atoms with Gasteiger partial charge >= 0.3 is 11.9 Å². The molecule has 2 aliphatic heterocycles. The van der Waals surface area contributed by atoms with Gasteiger partial charge in [0.15, 0.2) is 6.10 Å². The van der Waals surface area contributed by atoms with Crippen LogP contribution in [0.4, 0.5) is 0 Å². The van der Waals surface area contributed by atoms with Crippen LogP contribution in [0.1, 0.15) is 59.4 Å². The minimum atomic E-state index is -0.720. The van der Waals surface area contributed by atoms with Crippen molar-refractivity contribution in [3.63, 3.8) is 0 Å². The van der Waals surface area contributed by atoms with E-state index in [9.17, 15) is 9.59 Å². The lowest BCUT2D eigenvalue weighted by Crippen LogP contribution is -2.58. The van der Waals surface area contributed by atoms with Gasteiger partial charge in [-0.1, -0.05) is 49.8 Å². The summed E-state index contributed by atoms with van der Waals surface area (Å²) in [6.07, 6.45) is 4.78. The molecule has 0 aromatic heterocycles. The van der Waals surface area contributed by atoms with E-state index in [1.807, 2.05) is 30.3 Å². The molecule has 0 spiro atoms. The summed E-state index contributed by atoms with van der Waals surface area (Å²) in [4.78, 5) is 24.7. The van der Waals surface area contributed by atoms with Gasteiger partial charge in [-0.05, 0) is 49.8 Å². The standard InChI is InChI=1S/C26H32O5/c1-16(2)26-15-21(29-18(4)27)25(5,31-26)20-13-11-17(3)23(20)24(26)30-22(28)14-12-19-9-7-6-8-10-19/h6-10,12,14,16,20-21,24H,11,13,15H2,1-5H3/b14-12+. The van der Waals surface area contributed by atoms with Gasteiger partial charge in [-0.15, -0.1) is 0 Å². The van der Waals surface area contributed by atoms with Crippen LogP contribution < -0.4 is 0 Å². The number of ether oxygens (including phenoxy) is 3. The van der Waals surface area contributed by atoms with Crippen molar-refractivity contribution in [2.75, 3.05) is 0 Å². The summed E-state index contributed by atoms with van der Waals surface area (Å²) in [6.45, 7) is 9.79. The summed E-state index contributed by atoms with van der Waals surface area (Å²) < 4.78 is 18.7. The van der Waals surface area contributed by atoms with Gasteiger partial charge in [0, 0.05) is 25.3 Å². The van der Waals surface area contributed by atoms with Gasteiger partial charge in [-0.3, -0.25) is 4.79 Å². The molecule has 5 heteroatoms. The van der Waals surface area contributed by atoms with Crippen LogP contribution in [0.5, 0.6) is 0 Å². The molecule has 1 aromatic rings. The van der Waals surface area contributed by atoms with E-state index in [1.54, 1.807) is 6.08 Å². The van der Waals surface area contributed by atoms with Crippen LogP contribution >= 0.6 is 0 Å². The highest BCUT2D eigenvalue weighted by atomic mass is 16.6. The van der Waals surface area contributed by atoms with Gasteiger partial charge in [0.1, 0.15) is 17.3 Å². The lowest BCUT2D eigenvalue weighted by molar-refractivity contribution is -0.222. The molecule has 0 amide bonds. The van der Waals surface area contributed by atoms with Crippen molar-refractivity contribution >= 4 is 18.0 Å². The molecule has 0 radical (unpaired) electrons. The zero-order valence-corrected chi connectivity index (χ0v) is 19.0. The maximum Gasteiger partial charge on any atom is 0.331 e. The predicted molar refractivity (Wildman–Crippen MR) is 118 cm³/mol. The molecular weight excluding hydrogens is 392 g/mol. The molecule has 5 unspecified atom stereocenters. The SMILES string of the molecule is CC(=O)OC1CC2(C(C)C)OC1(C)C1CCC(C)=C1C2OC(=O)/C=C/c1ccccc1. The molecule has 3 aliphatic rings. The summed E-state index contributed by atoms with van der Waals surface area (Å²) in [5.41, 5.74) is 2.04. The van der Waals surface area contributed by atoms with Gasteiger partial charge in [0.05, 0.1) is 0 Å². The maximum absolute atomic E-state index is 12.9. The Morgan fingerprint density at radius 3 is 2.55 bits per heavy atom. The highest BCUT2D eigenvalue weighted by Gasteiger charge is 2.69. The molecule has 2 heterocycles. The maximum atomic E-state index is 12.9. The first kappa shape index (κ1) is 21.8. The third kappa shape index (κ3) is 3.63. The number of esters is 2. The Morgan fingerprint density at radius 2 is 1.90 bits per heavy atom. The zero-order valence-electron chi connectivity index (χ0n) is 19.0. The number of carbonyl (C=O) groups excluding carboxylic acids is 2. The first-order chi connectivity index (χ1) is 14.7. The van der Waals surface area contributed by atoms with Gasteiger partial charge in [-0.2, -0.15) is 0 Å². The molecule has 1 aromatic carbocycles. The topological polar surface area (TPSA) is 61.8 Å². The van der Waals surface area contributed by atoms with E-state index in [0.717, 1.165) is 18.4 Å². The number of rotatable bonds is 5. The highest BCUT2D eigenvalue weighted by Crippen LogP contribution is 2.61. The van der Waals surface area contributed by atoms with Crippen LogP contribution in [0, 0.1) is 11.8 Å². The Balaban J connectivity index is 1.69. The second-order valence-corrected chi connectivity index (χ2v) is 9.59. The molecule has 4 rings (SSSR count). The molecule has 5 nitrogen and oxygen atoms in total. The number of fused-ring (bicyclic) bond motifs is 4. The first-order valence-electron chi connectivity index (χ1n) is 11.2. The fourth-order valence-electron chi connectivity index (χ4n) is 5.75. The number of hydrogen-bond donors (Lipinski definition) is 0. The van der Waals surface area contributed by atoms with Crippen molar-refractivity contribution in [3.8, 4) is 0 Å². The predicted octanol–water partition coefficient (Wildman–Crippen LogP) is 4.86. The van der Waals surface area contributed by atoms with Crippen LogP contribution in [0.2, 0.25) is 0 Å². The van der Waals surface area contributed by atoms with Crippen molar-refractivity contribution in [1.29, 1.82) is 0 Å². The van der Waals surface area contributed by atoms with E-state index in [-0.39, 0.29) is 29.9 Å². The van der Waals surface area contributed by atoms with Gasteiger partial charge in [0.2, 0.25) is 0 Å². The average Bonchev–Trinajstić information content (AvgIpc) is 3.23. The highest BCUT2D eigenvalue weighted by molar-refractivity contribution is 5.87. The lowest BCUT2D eigenvalue weighted by atomic mass is 9.74. The van der Waals surface area contributed by atoms with E-state index < -0.39 is 17.3 Å². The Labute approximate surface area is 184 Å². The van der Waals surface area contributed by atoms with E-state index in [0.29, 0.717) is 6.42 Å². The number of allylic oxidation sites excluding steroid dienone is 1. The van der Waals surface area contributed by atoms with Crippen LogP contribution in [0.3, 0.4) is 0 Å². The van der Waals surface area contributed by atoms with Crippen molar-refractivity contribution in [3.05, 3.63) is 53.1 Å². The van der Waals surface area contributed by atoms with Gasteiger partial charge in [-0.25, -0.2) is 4.79 Å². The number of hydrogen-bond acceptors (Lipinski definition) is 5. The second-order valence-electron chi connectivity index (χ2n) is 9.59. The van der Waals surface area contributed by atoms with E-state index in [2.05, 4.69) is 27.7 Å². The summed E-state index contributed by atoms with van der Waals surface area (Å²) in [7, 11) is 0. The Hall–Kier alpha value is -2.40. The Kier molecular flexibility index (Phi) is 5.59. The van der Waals surface area contributed by atoms with Gasteiger partial charge < -0.3 is 14.2 Å². The average molecular weight is 425 g/mol. The summed E-state index contributed by atoms with van der Waals surface area (Å²) in [5, 5.41) is 0. The van der Waals surface area contributed by atoms with E-state index >= 15 is 0 Å². The molecule has 2 bridgehead atoms. The molecule has 1 aliphatic carbocycles. The van der Waals surface area contributed by atoms with Crippen molar-refractivity contribution in [1.82, 2.24) is 0 Å². The molecule has 2 saturated heterocycles. The third-order valence-corrected chi connectivity index (χ3v) is 7.38. The van der Waals surface area contributed by atoms with Crippen LogP contribution in [0.25, 0.3) is 6.08 Å². The van der Waals surface area contributed by atoms with E-state index in [1.165, 1.54) is 24.1 Å². The summed E-state index contributed by atoms with van der Waals surface area (Å²) in [5.74, 6) is -0.545. The molecule has 0 N–H and O–H groups in total. The summed E-state index contributed by atoms with van der Waals surface area (Å²) in [6, 6.07) is 9.68. The molecule has 0 saturated carbocycles. The largest absolute Gasteiger partial charge is 0.459 e. The lowest BCUT2D eigenvalue weighted by Gasteiger charge is -2.50. The van der Waals surface area contributed by atoms with E-state index in [4.69, 9.17) is 14.2 Å². The molecule has 31 heavy (non-hydrogen) atoms. The van der Waals surface area contributed by atoms with Crippen LogP contribution in [-0.4, -0.2) is 35.3 Å². The second kappa shape index (κ2) is 7.94. The van der Waals surface area contributed by atoms with Gasteiger partial charge in [0.25, 0.3) is 0 Å². The number of benzene rings is 1. The van der Waals surface area contributed by atoms with Crippen LogP contribution in [-0.2, 0) is 23.8 Å². The van der Waals surface area contributed by atoms with Crippen LogP contribution in [0.15, 0.2) is 47.6 Å². The Bertz CT molecular complexity index is 930. The molecular formula is C26H32O5. The smallest absolute Gasteiger partial charge is 0.331 e. The third-order valence-electron chi connectivity index (χ3n) is 7.38. The molecule has 5 atom stereocenters. The van der Waals surface area contributed by atoms with Crippen molar-refractivity contribution in [2.45, 2.75) is 77.3 Å². The Morgan fingerprint density at radius 1 is 1.19 bits per heavy atom. The molecule has 2 fully saturated rings. The first-order valence-corrected chi connectivity index (χ1v) is 11.2. The monoisotopic (exact) mass is 424 g/mol. The minimum Gasteiger partial charge on any atom is -0.459 e. The quantitative estimate of drug-likeness (QED) is 0.384. The fraction of sp³-hybridized carbons (Fsp3) is 0.538. The molecule has 166 valence electrons. The zero-order chi connectivity index (χ0) is 22.4. The minimum absolute atomic E-state index is 0.0714. The van der Waals surface area contributed by atoms with Crippen molar-refractivity contribution in [2.24, 2.45) is 11.8 Å². The number of carbonyl (C=O) groups is 2. The van der Waals surface area contributed by atoms with Crippen molar-refractivity contribution < 1.29 is 23.8 Å². The fourth-order valence-corrected chi connectivity index (χ4v) is 5.75. The summed E-state index contributed by atoms with van der Waals surface area (Å²) >= 11 is 0. The normalized spacial score (nSPS) is 34.3.